The van der Waals surface area contributed by atoms with Gasteiger partial charge in [-0.05, 0) is 31.0 Å². The van der Waals surface area contributed by atoms with E-state index in [1.807, 2.05) is 6.07 Å². The molecule has 2 rings (SSSR count). The second-order valence-corrected chi connectivity index (χ2v) is 5.23. The molecule has 0 aromatic heterocycles. The average molecular weight is 279 g/mol. The van der Waals surface area contributed by atoms with E-state index in [9.17, 15) is 0 Å². The molecule has 1 aliphatic rings. The van der Waals surface area contributed by atoms with Gasteiger partial charge in [0.15, 0.2) is 11.5 Å². The Bertz CT molecular complexity index is 416. The summed E-state index contributed by atoms with van der Waals surface area (Å²) in [4.78, 5) is 0. The van der Waals surface area contributed by atoms with Gasteiger partial charge >= 0.3 is 0 Å². The lowest BCUT2D eigenvalue weighted by molar-refractivity contribution is 0.156. The van der Waals surface area contributed by atoms with Gasteiger partial charge in [0.25, 0.3) is 0 Å². The maximum absolute atomic E-state index is 5.64. The Morgan fingerprint density at radius 1 is 1.25 bits per heavy atom. The first-order valence-corrected chi connectivity index (χ1v) is 7.39. The molecule has 112 valence electrons. The minimum Gasteiger partial charge on any atom is -0.486 e. The summed E-state index contributed by atoms with van der Waals surface area (Å²) in [6, 6.07) is 6.81. The Morgan fingerprint density at radius 2 is 2.00 bits per heavy atom. The molecule has 0 radical (unpaired) electrons. The van der Waals surface area contributed by atoms with Crippen LogP contribution < -0.4 is 14.8 Å². The molecule has 0 aliphatic carbocycles. The number of benzene rings is 1. The Morgan fingerprint density at radius 3 is 2.70 bits per heavy atom. The van der Waals surface area contributed by atoms with Crippen LogP contribution in [0.15, 0.2) is 18.2 Å². The van der Waals surface area contributed by atoms with Crippen LogP contribution >= 0.6 is 0 Å². The lowest BCUT2D eigenvalue weighted by Gasteiger charge is -2.24. The first-order chi connectivity index (χ1) is 9.74. The topological polar surface area (TPSA) is 39.7 Å². The Kier molecular flexibility index (Phi) is 5.68. The highest BCUT2D eigenvalue weighted by molar-refractivity contribution is 5.44. The lowest BCUT2D eigenvalue weighted by atomic mass is 10.1. The third-order valence-corrected chi connectivity index (χ3v) is 3.56. The maximum atomic E-state index is 5.64. The molecular weight excluding hydrogens is 254 g/mol. The van der Waals surface area contributed by atoms with Crippen LogP contribution in [0.1, 0.15) is 38.3 Å². The van der Waals surface area contributed by atoms with E-state index in [-0.39, 0.29) is 6.04 Å². The van der Waals surface area contributed by atoms with E-state index >= 15 is 0 Å². The third kappa shape index (κ3) is 3.87. The van der Waals surface area contributed by atoms with Crippen LogP contribution in [-0.4, -0.2) is 33.0 Å². The van der Waals surface area contributed by atoms with Crippen molar-refractivity contribution < 1.29 is 14.2 Å². The zero-order chi connectivity index (χ0) is 14.4. The van der Waals surface area contributed by atoms with E-state index in [2.05, 4.69) is 31.3 Å². The predicted octanol–water partition coefficient (Wildman–Crippen LogP) is 2.92. The van der Waals surface area contributed by atoms with Gasteiger partial charge in [0.05, 0.1) is 6.61 Å². The van der Waals surface area contributed by atoms with Gasteiger partial charge in [-0.15, -0.1) is 0 Å². The standard InChI is InChI=1S/C16H25NO3/c1-4-5-14(11-18-3)17-12(2)13-6-7-15-16(10-13)20-9-8-19-15/h6-7,10,12,14,17H,4-5,8-9,11H2,1-3H3. The van der Waals surface area contributed by atoms with Gasteiger partial charge in [0, 0.05) is 19.2 Å². The highest BCUT2D eigenvalue weighted by Gasteiger charge is 2.16. The molecule has 1 aromatic carbocycles. The molecule has 1 N–H and O–H groups in total. The molecule has 0 amide bonds. The second-order valence-electron chi connectivity index (χ2n) is 5.23. The Hall–Kier alpha value is -1.26. The van der Waals surface area contributed by atoms with Crippen molar-refractivity contribution in [2.45, 2.75) is 38.8 Å². The molecule has 1 aliphatic heterocycles. The largest absolute Gasteiger partial charge is 0.486 e. The summed E-state index contributed by atoms with van der Waals surface area (Å²) >= 11 is 0. The highest BCUT2D eigenvalue weighted by atomic mass is 16.6. The van der Waals surface area contributed by atoms with E-state index < -0.39 is 0 Å². The lowest BCUT2D eigenvalue weighted by Crippen LogP contribution is -2.35. The number of hydrogen-bond donors (Lipinski definition) is 1. The highest BCUT2D eigenvalue weighted by Crippen LogP contribution is 2.32. The van der Waals surface area contributed by atoms with Crippen molar-refractivity contribution in [3.05, 3.63) is 23.8 Å². The van der Waals surface area contributed by atoms with E-state index in [0.29, 0.717) is 19.3 Å². The SMILES string of the molecule is CCCC(COC)NC(C)c1ccc2c(c1)OCCO2. The maximum Gasteiger partial charge on any atom is 0.161 e. The predicted molar refractivity (Wildman–Crippen MR) is 79.6 cm³/mol. The van der Waals surface area contributed by atoms with E-state index in [0.717, 1.165) is 30.9 Å². The van der Waals surface area contributed by atoms with E-state index in [4.69, 9.17) is 14.2 Å². The molecule has 2 unspecified atom stereocenters. The molecule has 0 fully saturated rings. The second kappa shape index (κ2) is 7.50. The summed E-state index contributed by atoms with van der Waals surface area (Å²) < 4.78 is 16.5. The average Bonchev–Trinajstić information content (AvgIpc) is 2.47. The molecule has 4 heteroatoms. The van der Waals surface area contributed by atoms with E-state index in [1.54, 1.807) is 7.11 Å². The monoisotopic (exact) mass is 279 g/mol. The third-order valence-electron chi connectivity index (χ3n) is 3.56. The molecule has 0 spiro atoms. The molecule has 2 atom stereocenters. The van der Waals surface area contributed by atoms with Crippen LogP contribution in [0.3, 0.4) is 0 Å². The van der Waals surface area contributed by atoms with Gasteiger partial charge in [-0.25, -0.2) is 0 Å². The van der Waals surface area contributed by atoms with Gasteiger partial charge < -0.3 is 19.5 Å². The van der Waals surface area contributed by atoms with Gasteiger partial charge in [-0.1, -0.05) is 19.4 Å². The minimum absolute atomic E-state index is 0.262. The van der Waals surface area contributed by atoms with Gasteiger partial charge in [0.1, 0.15) is 13.2 Å². The molecule has 4 nitrogen and oxygen atoms in total. The van der Waals surface area contributed by atoms with E-state index in [1.165, 1.54) is 5.56 Å². The van der Waals surface area contributed by atoms with Crippen molar-refractivity contribution in [3.63, 3.8) is 0 Å². The molecule has 1 heterocycles. The first-order valence-electron chi connectivity index (χ1n) is 7.39. The summed E-state index contributed by atoms with van der Waals surface area (Å²) in [6.07, 6.45) is 2.26. The number of rotatable bonds is 7. The van der Waals surface area contributed by atoms with Gasteiger partial charge in [-0.2, -0.15) is 0 Å². The molecule has 0 saturated heterocycles. The minimum atomic E-state index is 0.262. The van der Waals surface area contributed by atoms with Crippen LogP contribution in [0.4, 0.5) is 0 Å². The summed E-state index contributed by atoms with van der Waals surface area (Å²) in [6.45, 7) is 6.36. The molecule has 1 aromatic rings. The van der Waals surface area contributed by atoms with Crippen molar-refractivity contribution in [1.29, 1.82) is 0 Å². The fraction of sp³-hybridized carbons (Fsp3) is 0.625. The summed E-state index contributed by atoms with van der Waals surface area (Å²) in [7, 11) is 1.75. The van der Waals surface area contributed by atoms with Gasteiger partial charge in [-0.3, -0.25) is 0 Å². The van der Waals surface area contributed by atoms with Crippen LogP contribution in [-0.2, 0) is 4.74 Å². The fourth-order valence-corrected chi connectivity index (χ4v) is 2.54. The van der Waals surface area contributed by atoms with Crippen LogP contribution in [0.5, 0.6) is 11.5 Å². The van der Waals surface area contributed by atoms with Crippen LogP contribution in [0.2, 0.25) is 0 Å². The van der Waals surface area contributed by atoms with Crippen molar-refractivity contribution >= 4 is 0 Å². The molecule has 20 heavy (non-hydrogen) atoms. The van der Waals surface area contributed by atoms with Crippen LogP contribution in [0.25, 0.3) is 0 Å². The quantitative estimate of drug-likeness (QED) is 0.833. The van der Waals surface area contributed by atoms with Crippen molar-refractivity contribution in [2.24, 2.45) is 0 Å². The van der Waals surface area contributed by atoms with Crippen molar-refractivity contribution in [3.8, 4) is 11.5 Å². The number of ether oxygens (including phenoxy) is 3. The summed E-state index contributed by atoms with van der Waals surface area (Å²) in [5.74, 6) is 1.69. The Labute approximate surface area is 121 Å². The summed E-state index contributed by atoms with van der Waals surface area (Å²) in [5, 5.41) is 3.62. The number of hydrogen-bond acceptors (Lipinski definition) is 4. The van der Waals surface area contributed by atoms with Crippen molar-refractivity contribution in [2.75, 3.05) is 26.9 Å². The molecule has 0 bridgehead atoms. The normalized spacial score (nSPS) is 16.8. The first kappa shape index (κ1) is 15.1. The zero-order valence-corrected chi connectivity index (χ0v) is 12.6. The number of methoxy groups -OCH3 is 1. The van der Waals surface area contributed by atoms with Gasteiger partial charge in [0.2, 0.25) is 0 Å². The number of nitrogens with one attached hydrogen (secondary N) is 1. The smallest absolute Gasteiger partial charge is 0.161 e. The molecular formula is C16H25NO3. The number of fused-ring (bicyclic) bond motifs is 1. The molecule has 0 saturated carbocycles. The zero-order valence-electron chi connectivity index (χ0n) is 12.6. The fourth-order valence-electron chi connectivity index (χ4n) is 2.54. The Balaban J connectivity index is 2.02. The summed E-state index contributed by atoms with van der Waals surface area (Å²) in [5.41, 5.74) is 1.21. The van der Waals surface area contributed by atoms with Crippen molar-refractivity contribution in [1.82, 2.24) is 5.32 Å². The van der Waals surface area contributed by atoms with Crippen LogP contribution in [0, 0.1) is 0 Å².